The van der Waals surface area contributed by atoms with Crippen LogP contribution in [0, 0.1) is 0 Å². The lowest BCUT2D eigenvalue weighted by molar-refractivity contribution is 0.235. The van der Waals surface area contributed by atoms with Crippen LogP contribution in [0.25, 0.3) is 0 Å². The topological polar surface area (TPSA) is 20.3 Å². The molecule has 0 aliphatic carbocycles. The Morgan fingerprint density at radius 2 is 1.80 bits per heavy atom. The number of carbonyl (C=O) groups is 1. The number of aryl methyl sites for hydroxylation is 1. The van der Waals surface area contributed by atoms with Crippen molar-refractivity contribution in [2.45, 2.75) is 19.8 Å². The zero-order chi connectivity index (χ0) is 11.3. The molecule has 0 aliphatic heterocycles. The third-order valence-corrected chi connectivity index (χ3v) is 3.07. The molecule has 0 saturated carbocycles. The van der Waals surface area contributed by atoms with Gasteiger partial charge in [-0.05, 0) is 24.0 Å². The van der Waals surface area contributed by atoms with Gasteiger partial charge in [-0.15, -0.1) is 0 Å². The molecule has 0 unspecified atom stereocenters. The monoisotopic (exact) mass is 269 g/mol. The summed E-state index contributed by atoms with van der Waals surface area (Å²) in [6.07, 6.45) is 1.97. The second-order valence-corrected chi connectivity index (χ2v) is 4.27. The predicted octanol–water partition coefficient (Wildman–Crippen LogP) is 3.24. The number of hydrogen-bond donors (Lipinski definition) is 0. The summed E-state index contributed by atoms with van der Waals surface area (Å²) in [5, 5.41) is 0. The number of likely N-dealkylation sites (N-methyl/N-ethyl adjacent to an activating group) is 1. The molecule has 2 nitrogen and oxygen atoms in total. The molecule has 15 heavy (non-hydrogen) atoms. The van der Waals surface area contributed by atoms with Crippen LogP contribution in [-0.2, 0) is 12.8 Å². The fourth-order valence-corrected chi connectivity index (χ4v) is 1.50. The maximum Gasteiger partial charge on any atom is 0.289 e. The summed E-state index contributed by atoms with van der Waals surface area (Å²) in [7, 11) is 1.79. The Bertz CT molecular complexity index is 321. The lowest BCUT2D eigenvalue weighted by Gasteiger charge is -2.13. The van der Waals surface area contributed by atoms with E-state index in [0.29, 0.717) is 0 Å². The molecular weight excluding hydrogens is 254 g/mol. The third-order valence-electron chi connectivity index (χ3n) is 2.47. The van der Waals surface area contributed by atoms with Gasteiger partial charge < -0.3 is 4.90 Å². The van der Waals surface area contributed by atoms with Gasteiger partial charge in [-0.1, -0.05) is 31.2 Å². The van der Waals surface area contributed by atoms with E-state index in [9.17, 15) is 4.79 Å². The Balaban J connectivity index is 2.47. The van der Waals surface area contributed by atoms with Crippen molar-refractivity contribution in [2.75, 3.05) is 13.6 Å². The smallest absolute Gasteiger partial charge is 0.289 e. The van der Waals surface area contributed by atoms with E-state index in [-0.39, 0.29) is 4.82 Å². The van der Waals surface area contributed by atoms with Crippen molar-refractivity contribution in [1.29, 1.82) is 0 Å². The number of amides is 1. The zero-order valence-electron chi connectivity index (χ0n) is 9.16. The molecule has 0 spiro atoms. The number of hydrogen-bond acceptors (Lipinski definition) is 1. The second kappa shape index (κ2) is 5.91. The van der Waals surface area contributed by atoms with Gasteiger partial charge in [0.15, 0.2) is 0 Å². The lowest BCUT2D eigenvalue weighted by atomic mass is 10.1. The largest absolute Gasteiger partial charge is 0.336 e. The summed E-state index contributed by atoms with van der Waals surface area (Å²) in [4.78, 5) is 12.5. The number of rotatable bonds is 4. The molecule has 0 saturated heterocycles. The highest BCUT2D eigenvalue weighted by Gasteiger charge is 2.03. The lowest BCUT2D eigenvalue weighted by Crippen LogP contribution is -2.23. The summed E-state index contributed by atoms with van der Waals surface area (Å²) in [6, 6.07) is 8.55. The first kappa shape index (κ1) is 12.2. The van der Waals surface area contributed by atoms with E-state index in [2.05, 4.69) is 47.1 Å². The van der Waals surface area contributed by atoms with Crippen molar-refractivity contribution in [3.63, 3.8) is 0 Å². The molecule has 0 heterocycles. The van der Waals surface area contributed by atoms with Crippen molar-refractivity contribution < 1.29 is 4.79 Å². The van der Waals surface area contributed by atoms with Gasteiger partial charge in [0, 0.05) is 29.5 Å². The van der Waals surface area contributed by atoms with E-state index in [1.54, 1.807) is 11.9 Å². The van der Waals surface area contributed by atoms with E-state index < -0.39 is 0 Å². The van der Waals surface area contributed by atoms with Gasteiger partial charge in [0.25, 0.3) is 4.82 Å². The van der Waals surface area contributed by atoms with Crippen LogP contribution in [0.4, 0.5) is 4.79 Å². The van der Waals surface area contributed by atoms with Crippen molar-refractivity contribution in [2.24, 2.45) is 0 Å². The Labute approximate surface area is 99.4 Å². The van der Waals surface area contributed by atoms with Crippen molar-refractivity contribution >= 4 is 20.7 Å². The highest BCUT2D eigenvalue weighted by molar-refractivity contribution is 9.18. The Kier molecular flexibility index (Phi) is 4.82. The highest BCUT2D eigenvalue weighted by Crippen LogP contribution is 2.07. The van der Waals surface area contributed by atoms with E-state index in [1.165, 1.54) is 11.1 Å². The molecule has 3 heteroatoms. The first-order valence-corrected chi connectivity index (χ1v) is 5.91. The van der Waals surface area contributed by atoms with Gasteiger partial charge in [-0.25, -0.2) is 0 Å². The van der Waals surface area contributed by atoms with Gasteiger partial charge in [0.05, 0.1) is 0 Å². The quantitative estimate of drug-likeness (QED) is 0.607. The standard InChI is InChI=1S/C12H16BrNO/c1-3-10-4-6-11(7-5-10)8-9-14(2)12(13)15/h4-7H,3,8-9H2,1-2H3. The number of nitrogens with zero attached hydrogens (tertiary/aromatic N) is 1. The van der Waals surface area contributed by atoms with Crippen LogP contribution < -0.4 is 0 Å². The zero-order valence-corrected chi connectivity index (χ0v) is 10.8. The molecule has 1 amide bonds. The van der Waals surface area contributed by atoms with Crippen LogP contribution in [0.1, 0.15) is 18.1 Å². The van der Waals surface area contributed by atoms with Crippen LogP contribution in [0.15, 0.2) is 24.3 Å². The summed E-state index contributed by atoms with van der Waals surface area (Å²) in [6.45, 7) is 2.89. The van der Waals surface area contributed by atoms with Crippen molar-refractivity contribution in [3.8, 4) is 0 Å². The van der Waals surface area contributed by atoms with Gasteiger partial charge in [0.1, 0.15) is 0 Å². The summed E-state index contributed by atoms with van der Waals surface area (Å²) >= 11 is 2.92. The predicted molar refractivity (Wildman–Crippen MR) is 66.5 cm³/mol. The molecule has 0 aliphatic rings. The summed E-state index contributed by atoms with van der Waals surface area (Å²) < 4.78 is 0. The van der Waals surface area contributed by atoms with Crippen LogP contribution in [0.5, 0.6) is 0 Å². The van der Waals surface area contributed by atoms with E-state index in [1.807, 2.05) is 0 Å². The third kappa shape index (κ3) is 4.04. The fraction of sp³-hybridized carbons (Fsp3) is 0.417. The minimum absolute atomic E-state index is 0.0623. The Hall–Kier alpha value is -0.830. The second-order valence-electron chi connectivity index (χ2n) is 3.59. The van der Waals surface area contributed by atoms with Gasteiger partial charge in [0.2, 0.25) is 0 Å². The normalized spacial score (nSPS) is 10.1. The molecule has 0 bridgehead atoms. The van der Waals surface area contributed by atoms with Crippen LogP contribution in [0.2, 0.25) is 0 Å². The van der Waals surface area contributed by atoms with Crippen LogP contribution in [-0.4, -0.2) is 23.3 Å². The van der Waals surface area contributed by atoms with Gasteiger partial charge >= 0.3 is 0 Å². The number of halogens is 1. The molecule has 0 radical (unpaired) electrons. The molecule has 1 rings (SSSR count). The summed E-state index contributed by atoms with van der Waals surface area (Å²) in [5.41, 5.74) is 2.62. The SMILES string of the molecule is CCc1ccc(CCN(C)C(=O)Br)cc1. The van der Waals surface area contributed by atoms with Crippen LogP contribution >= 0.6 is 15.9 Å². The average molecular weight is 270 g/mol. The average Bonchev–Trinajstić information content (AvgIpc) is 2.26. The molecule has 1 aromatic rings. The van der Waals surface area contributed by atoms with Crippen LogP contribution in [0.3, 0.4) is 0 Å². The highest BCUT2D eigenvalue weighted by atomic mass is 79.9. The fourth-order valence-electron chi connectivity index (χ4n) is 1.33. The Morgan fingerprint density at radius 3 is 2.27 bits per heavy atom. The maximum atomic E-state index is 10.9. The van der Waals surface area contributed by atoms with E-state index in [4.69, 9.17) is 0 Å². The van der Waals surface area contributed by atoms with Gasteiger partial charge in [-0.2, -0.15) is 0 Å². The van der Waals surface area contributed by atoms with Gasteiger partial charge in [-0.3, -0.25) is 4.79 Å². The molecule has 0 fully saturated rings. The Morgan fingerprint density at radius 1 is 1.27 bits per heavy atom. The molecule has 0 N–H and O–H groups in total. The minimum Gasteiger partial charge on any atom is -0.336 e. The first-order valence-electron chi connectivity index (χ1n) is 5.12. The van der Waals surface area contributed by atoms with E-state index in [0.717, 1.165) is 19.4 Å². The minimum atomic E-state index is -0.0623. The molecular formula is C12H16BrNO. The molecule has 0 atom stereocenters. The molecule has 1 aromatic carbocycles. The van der Waals surface area contributed by atoms with Crippen molar-refractivity contribution in [3.05, 3.63) is 35.4 Å². The van der Waals surface area contributed by atoms with E-state index >= 15 is 0 Å². The molecule has 0 aromatic heterocycles. The molecule has 82 valence electrons. The number of benzene rings is 1. The maximum absolute atomic E-state index is 10.9. The van der Waals surface area contributed by atoms with Crippen molar-refractivity contribution in [1.82, 2.24) is 4.90 Å². The first-order chi connectivity index (χ1) is 7.13. The number of carbonyl (C=O) groups excluding carboxylic acids is 1. The summed E-state index contributed by atoms with van der Waals surface area (Å²) in [5.74, 6) is 0.